The lowest BCUT2D eigenvalue weighted by atomic mass is 10.1. The number of rotatable bonds is 3. The molecule has 2 aromatic rings. The van der Waals surface area contributed by atoms with Crippen molar-refractivity contribution in [3.05, 3.63) is 29.5 Å². The smallest absolute Gasteiger partial charge is 0.255 e. The van der Waals surface area contributed by atoms with Crippen molar-refractivity contribution < 1.29 is 13.9 Å². The van der Waals surface area contributed by atoms with Crippen molar-refractivity contribution in [3.63, 3.8) is 0 Å². The molecule has 0 bridgehead atoms. The number of nitrogens with one attached hydrogen (secondary N) is 1. The Labute approximate surface area is 99.6 Å². The summed E-state index contributed by atoms with van der Waals surface area (Å²) >= 11 is 0. The highest BCUT2D eigenvalue weighted by Gasteiger charge is 2.17. The van der Waals surface area contributed by atoms with Gasteiger partial charge in [-0.1, -0.05) is 0 Å². The molecule has 0 saturated carbocycles. The molecular formula is C13H15NO3. The van der Waals surface area contributed by atoms with E-state index in [0.29, 0.717) is 23.5 Å². The highest BCUT2D eigenvalue weighted by Crippen LogP contribution is 2.28. The maximum atomic E-state index is 11.7. The van der Waals surface area contributed by atoms with Gasteiger partial charge in [-0.2, -0.15) is 0 Å². The van der Waals surface area contributed by atoms with Crippen LogP contribution in [0.3, 0.4) is 0 Å². The van der Waals surface area contributed by atoms with Crippen LogP contribution in [0, 0.1) is 6.92 Å². The van der Waals surface area contributed by atoms with E-state index in [-0.39, 0.29) is 5.91 Å². The van der Waals surface area contributed by atoms with Gasteiger partial charge in [-0.15, -0.1) is 0 Å². The van der Waals surface area contributed by atoms with Crippen LogP contribution in [0.5, 0.6) is 5.75 Å². The van der Waals surface area contributed by atoms with Gasteiger partial charge in [0.2, 0.25) is 0 Å². The molecule has 0 aliphatic heterocycles. The van der Waals surface area contributed by atoms with E-state index < -0.39 is 0 Å². The van der Waals surface area contributed by atoms with E-state index in [1.54, 1.807) is 20.0 Å². The number of fused-ring (bicyclic) bond motifs is 1. The van der Waals surface area contributed by atoms with Gasteiger partial charge in [0, 0.05) is 18.5 Å². The summed E-state index contributed by atoms with van der Waals surface area (Å²) in [7, 11) is 1.61. The highest BCUT2D eigenvalue weighted by atomic mass is 16.5. The van der Waals surface area contributed by atoms with E-state index in [0.717, 1.165) is 11.1 Å². The average molecular weight is 233 g/mol. The largest absolute Gasteiger partial charge is 0.494 e. The Hall–Kier alpha value is -1.97. The van der Waals surface area contributed by atoms with Crippen LogP contribution in [0.25, 0.3) is 11.0 Å². The molecule has 4 nitrogen and oxygen atoms in total. The average Bonchev–Trinajstić information content (AvgIpc) is 2.64. The third-order valence-electron chi connectivity index (χ3n) is 2.60. The molecule has 17 heavy (non-hydrogen) atoms. The van der Waals surface area contributed by atoms with Crippen molar-refractivity contribution >= 4 is 16.9 Å². The van der Waals surface area contributed by atoms with Crippen molar-refractivity contribution in [1.82, 2.24) is 5.32 Å². The van der Waals surface area contributed by atoms with Crippen molar-refractivity contribution in [3.8, 4) is 5.75 Å². The summed E-state index contributed by atoms with van der Waals surface area (Å²) in [5, 5.41) is 3.42. The van der Waals surface area contributed by atoms with E-state index in [4.69, 9.17) is 9.15 Å². The lowest BCUT2D eigenvalue weighted by Crippen LogP contribution is -2.18. The summed E-state index contributed by atoms with van der Waals surface area (Å²) in [5.41, 5.74) is 1.26. The maximum absolute atomic E-state index is 11.7. The molecule has 90 valence electrons. The first-order valence-corrected chi connectivity index (χ1v) is 5.55. The minimum Gasteiger partial charge on any atom is -0.494 e. The first-order valence-electron chi connectivity index (χ1n) is 5.55. The minimum atomic E-state index is -0.134. The second-order valence-corrected chi connectivity index (χ2v) is 3.70. The van der Waals surface area contributed by atoms with Crippen LogP contribution in [-0.4, -0.2) is 19.6 Å². The highest BCUT2D eigenvalue weighted by molar-refractivity contribution is 6.07. The molecule has 1 aromatic carbocycles. The SMILES string of the molecule is CCOc1ccc2c(C(=O)NC)c(C)oc2c1. The zero-order valence-electron chi connectivity index (χ0n) is 10.2. The van der Waals surface area contributed by atoms with Crippen LogP contribution in [0.2, 0.25) is 0 Å². The Morgan fingerprint density at radius 3 is 2.88 bits per heavy atom. The summed E-state index contributed by atoms with van der Waals surface area (Å²) in [6.45, 7) is 4.31. The van der Waals surface area contributed by atoms with Crippen molar-refractivity contribution in [1.29, 1.82) is 0 Å². The second kappa shape index (κ2) is 4.49. The number of amides is 1. The molecule has 0 fully saturated rings. The number of hydrogen-bond donors (Lipinski definition) is 1. The van der Waals surface area contributed by atoms with Gasteiger partial charge >= 0.3 is 0 Å². The van der Waals surface area contributed by atoms with Gasteiger partial charge in [0.25, 0.3) is 5.91 Å². The summed E-state index contributed by atoms with van der Waals surface area (Å²) in [6, 6.07) is 5.49. The zero-order valence-corrected chi connectivity index (χ0v) is 10.2. The molecule has 1 N–H and O–H groups in total. The first kappa shape index (κ1) is 11.5. The van der Waals surface area contributed by atoms with Gasteiger partial charge in [-0.25, -0.2) is 0 Å². The third-order valence-corrected chi connectivity index (χ3v) is 2.60. The number of furan rings is 1. The monoisotopic (exact) mass is 233 g/mol. The molecule has 0 spiro atoms. The van der Waals surface area contributed by atoms with Gasteiger partial charge in [-0.3, -0.25) is 4.79 Å². The fourth-order valence-corrected chi connectivity index (χ4v) is 1.86. The Kier molecular flexibility index (Phi) is 3.04. The quantitative estimate of drug-likeness (QED) is 0.886. The summed E-state index contributed by atoms with van der Waals surface area (Å²) in [6.07, 6.45) is 0. The Morgan fingerprint density at radius 1 is 1.47 bits per heavy atom. The Morgan fingerprint density at radius 2 is 2.24 bits per heavy atom. The molecule has 1 amide bonds. The lowest BCUT2D eigenvalue weighted by Gasteiger charge is -2.02. The molecular weight excluding hydrogens is 218 g/mol. The Balaban J connectivity index is 2.56. The zero-order chi connectivity index (χ0) is 12.4. The number of aryl methyl sites for hydroxylation is 1. The fraction of sp³-hybridized carbons (Fsp3) is 0.308. The molecule has 2 rings (SSSR count). The Bertz CT molecular complexity index is 557. The summed E-state index contributed by atoms with van der Waals surface area (Å²) in [4.78, 5) is 11.7. The van der Waals surface area contributed by atoms with Crippen LogP contribution in [-0.2, 0) is 0 Å². The summed E-state index contributed by atoms with van der Waals surface area (Å²) in [5.74, 6) is 1.23. The van der Waals surface area contributed by atoms with Gasteiger partial charge in [0.15, 0.2) is 0 Å². The van der Waals surface area contributed by atoms with Crippen molar-refractivity contribution in [2.24, 2.45) is 0 Å². The minimum absolute atomic E-state index is 0.134. The molecule has 0 saturated heterocycles. The normalized spacial score (nSPS) is 10.5. The first-order chi connectivity index (χ1) is 8.17. The third kappa shape index (κ3) is 1.98. The molecule has 0 atom stereocenters. The van der Waals surface area contributed by atoms with E-state index in [9.17, 15) is 4.79 Å². The standard InChI is InChI=1S/C13H15NO3/c1-4-16-9-5-6-10-11(7-9)17-8(2)12(10)13(15)14-3/h5-7H,4H2,1-3H3,(H,14,15). The number of hydrogen-bond acceptors (Lipinski definition) is 3. The molecule has 0 radical (unpaired) electrons. The van der Waals surface area contributed by atoms with Crippen LogP contribution < -0.4 is 10.1 Å². The maximum Gasteiger partial charge on any atom is 0.255 e. The van der Waals surface area contributed by atoms with Crippen LogP contribution in [0.1, 0.15) is 23.0 Å². The molecule has 0 aliphatic rings. The predicted molar refractivity (Wildman–Crippen MR) is 65.5 cm³/mol. The van der Waals surface area contributed by atoms with Gasteiger partial charge in [0.05, 0.1) is 12.2 Å². The predicted octanol–water partition coefficient (Wildman–Crippen LogP) is 2.50. The number of ether oxygens (including phenoxy) is 1. The molecule has 0 unspecified atom stereocenters. The lowest BCUT2D eigenvalue weighted by molar-refractivity contribution is 0.0963. The molecule has 0 aliphatic carbocycles. The van der Waals surface area contributed by atoms with E-state index in [2.05, 4.69) is 5.32 Å². The van der Waals surface area contributed by atoms with Gasteiger partial charge in [0.1, 0.15) is 17.1 Å². The summed E-state index contributed by atoms with van der Waals surface area (Å²) < 4.78 is 11.0. The van der Waals surface area contributed by atoms with Crippen LogP contribution in [0.15, 0.2) is 22.6 Å². The van der Waals surface area contributed by atoms with Crippen LogP contribution in [0.4, 0.5) is 0 Å². The number of carbonyl (C=O) groups is 1. The molecule has 4 heteroatoms. The number of benzene rings is 1. The van der Waals surface area contributed by atoms with Gasteiger partial charge in [-0.05, 0) is 26.0 Å². The van der Waals surface area contributed by atoms with Crippen molar-refractivity contribution in [2.45, 2.75) is 13.8 Å². The van der Waals surface area contributed by atoms with E-state index in [1.807, 2.05) is 19.1 Å². The van der Waals surface area contributed by atoms with E-state index in [1.165, 1.54) is 0 Å². The topological polar surface area (TPSA) is 51.5 Å². The van der Waals surface area contributed by atoms with Crippen molar-refractivity contribution in [2.75, 3.05) is 13.7 Å². The molecule has 1 heterocycles. The second-order valence-electron chi connectivity index (χ2n) is 3.70. The van der Waals surface area contributed by atoms with E-state index >= 15 is 0 Å². The number of carbonyl (C=O) groups excluding carboxylic acids is 1. The van der Waals surface area contributed by atoms with Gasteiger partial charge < -0.3 is 14.5 Å². The fourth-order valence-electron chi connectivity index (χ4n) is 1.86. The molecule has 1 aromatic heterocycles. The van der Waals surface area contributed by atoms with Crippen LogP contribution >= 0.6 is 0 Å².